The molecule has 2 heterocycles. The van der Waals surface area contributed by atoms with Crippen molar-refractivity contribution in [1.29, 1.82) is 0 Å². The van der Waals surface area contributed by atoms with E-state index in [-0.39, 0.29) is 23.9 Å². The monoisotopic (exact) mass is 460 g/mol. The van der Waals surface area contributed by atoms with E-state index >= 15 is 0 Å². The van der Waals surface area contributed by atoms with E-state index in [0.717, 1.165) is 22.3 Å². The highest BCUT2D eigenvalue weighted by Crippen LogP contribution is 2.44. The molecule has 174 valence electrons. The SMILES string of the molecule is CC[C@@H](NC(=O)OCC1c2ccccc2-c2ccccc21)C(=O)N1CCn2ncc(C(=O)O)c21. The van der Waals surface area contributed by atoms with Crippen molar-refractivity contribution >= 4 is 23.8 Å². The van der Waals surface area contributed by atoms with Gasteiger partial charge in [0.1, 0.15) is 24.0 Å². The number of nitrogens with zero attached hydrogens (tertiary/aromatic N) is 3. The predicted molar refractivity (Wildman–Crippen MR) is 124 cm³/mol. The lowest BCUT2D eigenvalue weighted by Crippen LogP contribution is -2.48. The molecule has 2 N–H and O–H groups in total. The van der Waals surface area contributed by atoms with Crippen LogP contribution in [-0.4, -0.2) is 52.1 Å². The molecule has 34 heavy (non-hydrogen) atoms. The van der Waals surface area contributed by atoms with Crippen LogP contribution in [0.3, 0.4) is 0 Å². The molecule has 1 atom stereocenters. The van der Waals surface area contributed by atoms with Gasteiger partial charge in [0.25, 0.3) is 5.91 Å². The van der Waals surface area contributed by atoms with Crippen LogP contribution in [0.15, 0.2) is 54.7 Å². The summed E-state index contributed by atoms with van der Waals surface area (Å²) in [5.74, 6) is -1.39. The van der Waals surface area contributed by atoms with Crippen molar-refractivity contribution in [1.82, 2.24) is 15.1 Å². The second kappa shape index (κ2) is 8.66. The first-order valence-corrected chi connectivity index (χ1v) is 11.2. The van der Waals surface area contributed by atoms with Gasteiger partial charge in [-0.1, -0.05) is 55.5 Å². The van der Waals surface area contributed by atoms with Crippen molar-refractivity contribution in [3.05, 3.63) is 71.4 Å². The number of nitrogens with one attached hydrogen (secondary N) is 1. The van der Waals surface area contributed by atoms with E-state index in [1.165, 1.54) is 15.8 Å². The average Bonchev–Trinajstić information content (AvgIpc) is 3.53. The first-order chi connectivity index (χ1) is 16.5. The van der Waals surface area contributed by atoms with Gasteiger partial charge < -0.3 is 15.2 Å². The maximum atomic E-state index is 13.2. The van der Waals surface area contributed by atoms with Crippen LogP contribution in [0.5, 0.6) is 0 Å². The Bertz CT molecular complexity index is 1240. The maximum Gasteiger partial charge on any atom is 0.407 e. The summed E-state index contributed by atoms with van der Waals surface area (Å²) in [7, 11) is 0. The summed E-state index contributed by atoms with van der Waals surface area (Å²) in [6.07, 6.45) is 0.876. The van der Waals surface area contributed by atoms with E-state index in [1.807, 2.05) is 36.4 Å². The Morgan fingerprint density at radius 3 is 2.35 bits per heavy atom. The number of alkyl carbamates (subject to hydrolysis) is 1. The fraction of sp³-hybridized carbons (Fsp3) is 0.280. The Hall–Kier alpha value is -4.14. The van der Waals surface area contributed by atoms with Crippen LogP contribution in [-0.2, 0) is 16.1 Å². The Kier molecular flexibility index (Phi) is 5.53. The summed E-state index contributed by atoms with van der Waals surface area (Å²) in [5, 5.41) is 16.1. The summed E-state index contributed by atoms with van der Waals surface area (Å²) in [5.41, 5.74) is 4.43. The Labute approximate surface area is 195 Å². The van der Waals surface area contributed by atoms with Crippen LogP contribution in [0.2, 0.25) is 0 Å². The van der Waals surface area contributed by atoms with Gasteiger partial charge in [-0.25, -0.2) is 14.3 Å². The molecule has 9 nitrogen and oxygen atoms in total. The van der Waals surface area contributed by atoms with E-state index in [4.69, 9.17) is 4.74 Å². The fourth-order valence-corrected chi connectivity index (χ4v) is 4.80. The molecule has 0 radical (unpaired) electrons. The molecule has 1 aromatic heterocycles. The van der Waals surface area contributed by atoms with Crippen molar-refractivity contribution in [2.24, 2.45) is 0 Å². The van der Waals surface area contributed by atoms with Crippen molar-refractivity contribution in [2.75, 3.05) is 18.1 Å². The van der Waals surface area contributed by atoms with Crippen LogP contribution in [0, 0.1) is 0 Å². The molecular weight excluding hydrogens is 436 g/mol. The standard InChI is InChI=1S/C25H24N4O5/c1-2-21(23(30)28-11-12-29-22(28)19(13-26-29)24(31)32)27-25(33)34-14-20-17-9-5-3-7-15(17)16-8-4-6-10-18(16)20/h3-10,13,20-21H,2,11-12,14H2,1H3,(H,27,33)(H,31,32)/t21-/m1/s1. The number of benzene rings is 2. The summed E-state index contributed by atoms with van der Waals surface area (Å²) in [6.45, 7) is 2.61. The number of carboxylic acid groups (broad SMARTS) is 1. The van der Waals surface area contributed by atoms with E-state index in [9.17, 15) is 19.5 Å². The molecule has 5 rings (SSSR count). The predicted octanol–water partition coefficient (Wildman–Crippen LogP) is 3.25. The fourth-order valence-electron chi connectivity index (χ4n) is 4.80. The van der Waals surface area contributed by atoms with E-state index < -0.39 is 24.0 Å². The van der Waals surface area contributed by atoms with Crippen LogP contribution in [0.25, 0.3) is 11.1 Å². The Morgan fingerprint density at radius 1 is 1.09 bits per heavy atom. The highest BCUT2D eigenvalue weighted by atomic mass is 16.5. The molecule has 2 amide bonds. The van der Waals surface area contributed by atoms with Gasteiger partial charge in [0.15, 0.2) is 0 Å². The van der Waals surface area contributed by atoms with E-state index in [2.05, 4.69) is 22.5 Å². The minimum atomic E-state index is -1.15. The van der Waals surface area contributed by atoms with E-state index in [0.29, 0.717) is 19.5 Å². The zero-order valence-corrected chi connectivity index (χ0v) is 18.6. The average molecular weight is 460 g/mol. The quantitative estimate of drug-likeness (QED) is 0.584. The van der Waals surface area contributed by atoms with Gasteiger partial charge >= 0.3 is 12.1 Å². The highest BCUT2D eigenvalue weighted by molar-refractivity contribution is 6.04. The maximum absolute atomic E-state index is 13.2. The van der Waals surface area contributed by atoms with Crippen molar-refractivity contribution < 1.29 is 24.2 Å². The van der Waals surface area contributed by atoms with Gasteiger partial charge in [0, 0.05) is 12.5 Å². The lowest BCUT2D eigenvalue weighted by Gasteiger charge is -2.23. The lowest BCUT2D eigenvalue weighted by atomic mass is 9.98. The molecule has 3 aromatic rings. The van der Waals surface area contributed by atoms with Gasteiger partial charge in [-0.15, -0.1) is 0 Å². The molecular formula is C25H24N4O5. The van der Waals surface area contributed by atoms with Crippen molar-refractivity contribution in [3.63, 3.8) is 0 Å². The molecule has 0 saturated carbocycles. The minimum absolute atomic E-state index is 0.0400. The number of hydrogen-bond donors (Lipinski definition) is 2. The number of hydrogen-bond acceptors (Lipinski definition) is 5. The van der Waals surface area contributed by atoms with Gasteiger partial charge in [0.05, 0.1) is 12.7 Å². The molecule has 0 spiro atoms. The third kappa shape index (κ3) is 3.59. The normalized spacial score (nSPS) is 14.8. The summed E-state index contributed by atoms with van der Waals surface area (Å²) in [4.78, 5) is 38.7. The molecule has 0 fully saturated rings. The molecule has 1 aliphatic carbocycles. The smallest absolute Gasteiger partial charge is 0.407 e. The minimum Gasteiger partial charge on any atom is -0.477 e. The number of aromatic carboxylic acids is 1. The van der Waals surface area contributed by atoms with Gasteiger partial charge in [-0.2, -0.15) is 5.10 Å². The number of fused-ring (bicyclic) bond motifs is 4. The number of rotatable bonds is 6. The van der Waals surface area contributed by atoms with Crippen molar-refractivity contribution in [3.8, 4) is 11.1 Å². The Balaban J connectivity index is 1.27. The third-order valence-electron chi connectivity index (χ3n) is 6.44. The second-order valence-electron chi connectivity index (χ2n) is 8.33. The van der Waals surface area contributed by atoms with Crippen LogP contribution in [0.4, 0.5) is 10.6 Å². The molecule has 1 aliphatic heterocycles. The van der Waals surface area contributed by atoms with E-state index in [1.54, 1.807) is 6.92 Å². The molecule has 2 aromatic carbocycles. The van der Waals surface area contributed by atoms with Crippen LogP contribution >= 0.6 is 0 Å². The third-order valence-corrected chi connectivity index (χ3v) is 6.44. The first kappa shape index (κ1) is 21.7. The number of amides is 2. The first-order valence-electron chi connectivity index (χ1n) is 11.2. The summed E-state index contributed by atoms with van der Waals surface area (Å²) in [6, 6.07) is 15.3. The number of ether oxygens (including phenoxy) is 1. The molecule has 2 aliphatic rings. The van der Waals surface area contributed by atoms with Crippen LogP contribution in [0.1, 0.15) is 40.7 Å². The van der Waals surface area contributed by atoms with Gasteiger partial charge in [0.2, 0.25) is 0 Å². The van der Waals surface area contributed by atoms with Gasteiger partial charge in [-0.3, -0.25) is 9.69 Å². The number of carboxylic acids is 1. The van der Waals surface area contributed by atoms with Crippen molar-refractivity contribution in [2.45, 2.75) is 31.8 Å². The molecule has 0 saturated heterocycles. The highest BCUT2D eigenvalue weighted by Gasteiger charge is 2.35. The largest absolute Gasteiger partial charge is 0.477 e. The van der Waals surface area contributed by atoms with Crippen LogP contribution < -0.4 is 10.2 Å². The Morgan fingerprint density at radius 2 is 1.74 bits per heavy atom. The lowest BCUT2D eigenvalue weighted by molar-refractivity contribution is -0.120. The molecule has 0 unspecified atom stereocenters. The molecule has 0 bridgehead atoms. The van der Waals surface area contributed by atoms with Gasteiger partial charge in [-0.05, 0) is 28.7 Å². The molecule has 9 heteroatoms. The number of carbonyl (C=O) groups is 3. The zero-order chi connectivity index (χ0) is 23.8. The zero-order valence-electron chi connectivity index (χ0n) is 18.6. The topological polar surface area (TPSA) is 114 Å². The summed E-state index contributed by atoms with van der Waals surface area (Å²) < 4.78 is 7.06. The number of carbonyl (C=O) groups excluding carboxylic acids is 2. The second-order valence-corrected chi connectivity index (χ2v) is 8.33. The summed E-state index contributed by atoms with van der Waals surface area (Å²) >= 11 is 0. The number of anilines is 1. The number of aromatic nitrogens is 2.